The Morgan fingerprint density at radius 2 is 1.79 bits per heavy atom. The van der Waals surface area contributed by atoms with E-state index in [9.17, 15) is 18.0 Å². The van der Waals surface area contributed by atoms with Gasteiger partial charge in [0, 0.05) is 11.6 Å². The van der Waals surface area contributed by atoms with Gasteiger partial charge in [0.15, 0.2) is 5.69 Å². The van der Waals surface area contributed by atoms with E-state index in [-0.39, 0.29) is 6.54 Å². The highest BCUT2D eigenvalue weighted by Gasteiger charge is 2.33. The summed E-state index contributed by atoms with van der Waals surface area (Å²) in [6.45, 7) is -0.348. The van der Waals surface area contributed by atoms with Gasteiger partial charge < -0.3 is 9.73 Å². The Labute approximate surface area is 163 Å². The van der Waals surface area contributed by atoms with Gasteiger partial charge in [0.25, 0.3) is 0 Å². The zero-order valence-corrected chi connectivity index (χ0v) is 15.1. The molecule has 1 atom stereocenters. The topological polar surface area (TPSA) is 60.1 Å². The fraction of sp³-hybridized carbons (Fsp3) is 0.143. The van der Waals surface area contributed by atoms with E-state index in [1.807, 2.05) is 60.7 Å². The minimum absolute atomic E-state index is 0.348. The molecule has 1 amide bonds. The van der Waals surface area contributed by atoms with Gasteiger partial charge >= 0.3 is 6.18 Å². The summed E-state index contributed by atoms with van der Waals surface area (Å²) in [5.41, 5.74) is 0.429. The lowest BCUT2D eigenvalue weighted by atomic mass is 10.0. The standard InChI is InChI=1S/C21H16F3N3O2/c22-21(23,24)18-10-11-27(26-18)13-19(28)25-20(14-6-2-1-3-7-14)17-12-15-8-4-5-9-16(15)29-17/h1-12,20H,13H2,(H,25,28). The van der Waals surface area contributed by atoms with Crippen LogP contribution in [0.5, 0.6) is 0 Å². The number of amides is 1. The third kappa shape index (κ3) is 4.16. The summed E-state index contributed by atoms with van der Waals surface area (Å²) < 4.78 is 45.0. The van der Waals surface area contributed by atoms with Gasteiger partial charge in [-0.2, -0.15) is 18.3 Å². The SMILES string of the molecule is O=C(Cn1ccc(C(F)(F)F)n1)NC(c1ccccc1)c1cc2ccccc2o1. The highest BCUT2D eigenvalue weighted by Crippen LogP contribution is 2.29. The van der Waals surface area contributed by atoms with Crippen molar-refractivity contribution in [1.82, 2.24) is 15.1 Å². The maximum Gasteiger partial charge on any atom is 0.435 e. The first-order valence-electron chi connectivity index (χ1n) is 8.83. The predicted molar refractivity (Wildman–Crippen MR) is 99.9 cm³/mol. The zero-order chi connectivity index (χ0) is 20.4. The van der Waals surface area contributed by atoms with E-state index in [0.29, 0.717) is 11.3 Å². The van der Waals surface area contributed by atoms with Crippen molar-refractivity contribution >= 4 is 16.9 Å². The average Bonchev–Trinajstić information content (AvgIpc) is 3.33. The lowest BCUT2D eigenvalue weighted by Crippen LogP contribution is -2.32. The second kappa shape index (κ2) is 7.46. The van der Waals surface area contributed by atoms with E-state index in [0.717, 1.165) is 27.9 Å². The molecule has 0 radical (unpaired) electrons. The Bertz CT molecular complexity index is 1100. The van der Waals surface area contributed by atoms with Crippen LogP contribution in [-0.2, 0) is 17.5 Å². The number of nitrogens with one attached hydrogen (secondary N) is 1. The summed E-state index contributed by atoms with van der Waals surface area (Å²) in [7, 11) is 0. The van der Waals surface area contributed by atoms with Crippen LogP contribution in [0, 0.1) is 0 Å². The summed E-state index contributed by atoms with van der Waals surface area (Å²) in [6.07, 6.45) is -3.43. The molecule has 2 heterocycles. The van der Waals surface area contributed by atoms with Crippen molar-refractivity contribution < 1.29 is 22.4 Å². The number of alkyl halides is 3. The van der Waals surface area contributed by atoms with Gasteiger partial charge in [-0.25, -0.2) is 0 Å². The van der Waals surface area contributed by atoms with Crippen LogP contribution >= 0.6 is 0 Å². The number of para-hydroxylation sites is 1. The molecule has 2 aromatic heterocycles. The number of halogens is 3. The number of hydrogen-bond acceptors (Lipinski definition) is 3. The second-order valence-corrected chi connectivity index (χ2v) is 6.49. The van der Waals surface area contributed by atoms with Crippen molar-refractivity contribution in [3.05, 3.63) is 89.9 Å². The van der Waals surface area contributed by atoms with Crippen LogP contribution in [-0.4, -0.2) is 15.7 Å². The fourth-order valence-corrected chi connectivity index (χ4v) is 3.06. The van der Waals surface area contributed by atoms with E-state index in [4.69, 9.17) is 4.42 Å². The molecule has 1 N–H and O–H groups in total. The number of furan rings is 1. The van der Waals surface area contributed by atoms with E-state index >= 15 is 0 Å². The number of nitrogens with zero attached hydrogens (tertiary/aromatic N) is 2. The maximum absolute atomic E-state index is 12.7. The van der Waals surface area contributed by atoms with E-state index < -0.39 is 23.8 Å². The van der Waals surface area contributed by atoms with Gasteiger partial charge in [-0.05, 0) is 23.8 Å². The smallest absolute Gasteiger partial charge is 0.435 e. The van der Waals surface area contributed by atoms with Crippen LogP contribution in [0.1, 0.15) is 23.1 Å². The Kier molecular flexibility index (Phi) is 4.84. The molecule has 29 heavy (non-hydrogen) atoms. The molecule has 0 aliphatic rings. The summed E-state index contributed by atoms with van der Waals surface area (Å²) in [4.78, 5) is 12.5. The van der Waals surface area contributed by atoms with Crippen molar-refractivity contribution in [2.45, 2.75) is 18.8 Å². The molecule has 0 fully saturated rings. The first-order chi connectivity index (χ1) is 13.9. The number of aromatic nitrogens is 2. The van der Waals surface area contributed by atoms with Crippen LogP contribution in [0.25, 0.3) is 11.0 Å². The summed E-state index contributed by atoms with van der Waals surface area (Å²) in [6, 6.07) is 18.7. The molecule has 0 bridgehead atoms. The average molecular weight is 399 g/mol. The van der Waals surface area contributed by atoms with Gasteiger partial charge in [0.05, 0.1) is 0 Å². The van der Waals surface area contributed by atoms with Crippen molar-refractivity contribution in [3.63, 3.8) is 0 Å². The molecule has 1 unspecified atom stereocenters. The molecule has 0 aliphatic carbocycles. The highest BCUT2D eigenvalue weighted by atomic mass is 19.4. The van der Waals surface area contributed by atoms with Crippen LogP contribution in [0.2, 0.25) is 0 Å². The first-order valence-corrected chi connectivity index (χ1v) is 8.83. The third-order valence-electron chi connectivity index (χ3n) is 4.40. The number of carbonyl (C=O) groups is 1. The van der Waals surface area contributed by atoms with Crippen molar-refractivity contribution in [3.8, 4) is 0 Å². The van der Waals surface area contributed by atoms with Crippen LogP contribution < -0.4 is 5.32 Å². The monoisotopic (exact) mass is 399 g/mol. The summed E-state index contributed by atoms with van der Waals surface area (Å²) in [5, 5.41) is 7.14. The van der Waals surface area contributed by atoms with E-state index in [1.165, 1.54) is 0 Å². The Hall–Kier alpha value is -3.55. The molecule has 4 rings (SSSR count). The molecule has 2 aromatic carbocycles. The van der Waals surface area contributed by atoms with Gasteiger partial charge in [0.1, 0.15) is 23.9 Å². The first kappa shape index (κ1) is 18.8. The van der Waals surface area contributed by atoms with E-state index in [1.54, 1.807) is 0 Å². The quantitative estimate of drug-likeness (QED) is 0.536. The van der Waals surface area contributed by atoms with E-state index in [2.05, 4.69) is 10.4 Å². The molecular formula is C21H16F3N3O2. The lowest BCUT2D eigenvalue weighted by Gasteiger charge is -2.17. The molecule has 0 spiro atoms. The largest absolute Gasteiger partial charge is 0.459 e. The van der Waals surface area contributed by atoms with Crippen LogP contribution in [0.3, 0.4) is 0 Å². The molecule has 5 nitrogen and oxygen atoms in total. The van der Waals surface area contributed by atoms with Crippen LogP contribution in [0.15, 0.2) is 77.3 Å². The molecular weight excluding hydrogens is 383 g/mol. The Morgan fingerprint density at radius 1 is 1.07 bits per heavy atom. The fourth-order valence-electron chi connectivity index (χ4n) is 3.06. The lowest BCUT2D eigenvalue weighted by molar-refractivity contribution is -0.141. The number of fused-ring (bicyclic) bond motifs is 1. The zero-order valence-electron chi connectivity index (χ0n) is 15.1. The molecule has 148 valence electrons. The molecule has 4 aromatic rings. The maximum atomic E-state index is 12.7. The van der Waals surface area contributed by atoms with Gasteiger partial charge in [-0.15, -0.1) is 0 Å². The minimum atomic E-state index is -4.55. The third-order valence-corrected chi connectivity index (χ3v) is 4.40. The summed E-state index contributed by atoms with van der Waals surface area (Å²) >= 11 is 0. The molecule has 0 aliphatic heterocycles. The number of hydrogen-bond donors (Lipinski definition) is 1. The normalized spacial score (nSPS) is 12.8. The second-order valence-electron chi connectivity index (χ2n) is 6.49. The number of carbonyl (C=O) groups excluding carboxylic acids is 1. The van der Waals surface area contributed by atoms with Gasteiger partial charge in [0.2, 0.25) is 5.91 Å². The Morgan fingerprint density at radius 3 is 2.48 bits per heavy atom. The molecule has 0 saturated heterocycles. The van der Waals surface area contributed by atoms with Gasteiger partial charge in [-0.3, -0.25) is 9.48 Å². The number of rotatable bonds is 5. The molecule has 8 heteroatoms. The van der Waals surface area contributed by atoms with Gasteiger partial charge in [-0.1, -0.05) is 48.5 Å². The van der Waals surface area contributed by atoms with Crippen molar-refractivity contribution in [1.29, 1.82) is 0 Å². The van der Waals surface area contributed by atoms with Crippen molar-refractivity contribution in [2.75, 3.05) is 0 Å². The predicted octanol–water partition coefficient (Wildman–Crippen LogP) is 4.55. The van der Waals surface area contributed by atoms with Crippen molar-refractivity contribution in [2.24, 2.45) is 0 Å². The Balaban J connectivity index is 1.58. The minimum Gasteiger partial charge on any atom is -0.459 e. The highest BCUT2D eigenvalue weighted by molar-refractivity contribution is 5.79. The summed E-state index contributed by atoms with van der Waals surface area (Å²) in [5.74, 6) is 0.0401. The van der Waals surface area contributed by atoms with Crippen LogP contribution in [0.4, 0.5) is 13.2 Å². The molecule has 0 saturated carbocycles. The number of benzene rings is 2.